The Kier molecular flexibility index (Phi) is 10.2. The second-order valence-corrected chi connectivity index (χ2v) is 15.9. The molecular formula is C36H36F2N4O5S2. The molecule has 13 heteroatoms. The van der Waals surface area contributed by atoms with E-state index >= 15 is 0 Å². The minimum atomic E-state index is -3.79. The average molecular weight is 707 g/mol. The summed E-state index contributed by atoms with van der Waals surface area (Å²) in [4.78, 5) is 20.1. The van der Waals surface area contributed by atoms with Crippen molar-refractivity contribution in [1.29, 1.82) is 0 Å². The van der Waals surface area contributed by atoms with Crippen molar-refractivity contribution >= 4 is 31.7 Å². The highest BCUT2D eigenvalue weighted by Crippen LogP contribution is 2.31. The zero-order chi connectivity index (χ0) is 34.9. The molecule has 1 aromatic heterocycles. The molecule has 1 aliphatic rings. The molecule has 1 aliphatic heterocycles. The second kappa shape index (κ2) is 14.4. The third kappa shape index (κ3) is 7.12. The topological polar surface area (TPSA) is 111 Å². The van der Waals surface area contributed by atoms with Crippen molar-refractivity contribution in [3.05, 3.63) is 118 Å². The number of sulfonamides is 1. The van der Waals surface area contributed by atoms with Gasteiger partial charge in [-0.1, -0.05) is 38.1 Å². The third-order valence-electron chi connectivity index (χ3n) is 8.46. The maximum atomic E-state index is 14.4. The summed E-state index contributed by atoms with van der Waals surface area (Å²) in [5.74, 6) is -1.20. The zero-order valence-corrected chi connectivity index (χ0v) is 28.9. The predicted molar refractivity (Wildman–Crippen MR) is 186 cm³/mol. The second-order valence-electron chi connectivity index (χ2n) is 12.0. The van der Waals surface area contributed by atoms with E-state index in [1.807, 2.05) is 38.1 Å². The molecule has 0 amide bonds. The first-order valence-corrected chi connectivity index (χ1v) is 18.5. The van der Waals surface area contributed by atoms with Crippen LogP contribution in [-0.2, 0) is 32.0 Å². The van der Waals surface area contributed by atoms with Crippen molar-refractivity contribution in [2.24, 2.45) is 0 Å². The molecule has 1 saturated heterocycles. The number of benzene rings is 4. The Morgan fingerprint density at radius 1 is 0.939 bits per heavy atom. The lowest BCUT2D eigenvalue weighted by atomic mass is 10.0. The Hall–Kier alpha value is -4.14. The van der Waals surface area contributed by atoms with Gasteiger partial charge in [-0.15, -0.1) is 0 Å². The van der Waals surface area contributed by atoms with Crippen LogP contribution in [0.2, 0.25) is 0 Å². The Labute approximate surface area is 286 Å². The van der Waals surface area contributed by atoms with Gasteiger partial charge in [-0.2, -0.15) is 4.31 Å². The number of halogens is 2. The van der Waals surface area contributed by atoms with Crippen molar-refractivity contribution in [2.75, 3.05) is 33.4 Å². The number of hydrogen-bond acceptors (Lipinski definition) is 7. The number of hydrogen-bond donors (Lipinski definition) is 1. The molecule has 4 aromatic carbocycles. The number of nitrogens with zero attached hydrogens (tertiary/aromatic N) is 3. The number of fused-ring (bicyclic) bond motifs is 1. The summed E-state index contributed by atoms with van der Waals surface area (Å²) in [5, 5.41) is 3.33. The fraction of sp³-hybridized carbons (Fsp3) is 0.278. The number of morpholine rings is 1. The zero-order valence-electron chi connectivity index (χ0n) is 27.2. The van der Waals surface area contributed by atoms with Crippen LogP contribution in [0.25, 0.3) is 27.7 Å². The standard InChI is InChI=1S/C36H36F2N4O5S2/c1-23(2)48(44)34-7-5-4-6-30(34)25-8-13-31-32(21-25)40-35(33(39-3)20-24-18-26(37)22-27(38)19-24)42(36(31)43)28-9-11-29(12-10-28)49(45,46)41-14-16-47-17-15-41/h4-13,18-19,21-23,33,39H,14-17,20H2,1-3H3. The lowest BCUT2D eigenvalue weighted by Crippen LogP contribution is -2.40. The van der Waals surface area contributed by atoms with E-state index in [0.29, 0.717) is 40.3 Å². The summed E-state index contributed by atoms with van der Waals surface area (Å²) < 4.78 is 76.3. The molecule has 2 unspecified atom stereocenters. The molecule has 2 atom stereocenters. The molecule has 1 fully saturated rings. The van der Waals surface area contributed by atoms with E-state index in [9.17, 15) is 26.2 Å². The number of likely N-dealkylation sites (N-methyl/N-ethyl adjacent to an activating group) is 1. The van der Waals surface area contributed by atoms with Gasteiger partial charge >= 0.3 is 0 Å². The molecule has 0 spiro atoms. The lowest BCUT2D eigenvalue weighted by Gasteiger charge is -2.26. The first-order chi connectivity index (χ1) is 23.5. The Bertz CT molecular complexity index is 2180. The number of nitrogens with one attached hydrogen (secondary N) is 1. The molecule has 1 N–H and O–H groups in total. The monoisotopic (exact) mass is 706 g/mol. The molecule has 0 saturated carbocycles. The van der Waals surface area contributed by atoms with Gasteiger partial charge in [-0.25, -0.2) is 22.2 Å². The van der Waals surface area contributed by atoms with Crippen molar-refractivity contribution < 1.29 is 26.1 Å². The normalized spacial score (nSPS) is 15.5. The molecule has 9 nitrogen and oxygen atoms in total. The van der Waals surface area contributed by atoms with E-state index in [0.717, 1.165) is 17.2 Å². The van der Waals surface area contributed by atoms with Gasteiger partial charge in [-0.3, -0.25) is 13.6 Å². The van der Waals surface area contributed by atoms with Crippen LogP contribution in [0.4, 0.5) is 8.78 Å². The number of rotatable bonds is 10. The van der Waals surface area contributed by atoms with Crippen LogP contribution in [0.1, 0.15) is 31.3 Å². The van der Waals surface area contributed by atoms with E-state index in [1.165, 1.54) is 33.1 Å². The highest BCUT2D eigenvalue weighted by atomic mass is 32.2. The van der Waals surface area contributed by atoms with E-state index < -0.39 is 44.1 Å². The molecule has 256 valence electrons. The van der Waals surface area contributed by atoms with Crippen LogP contribution < -0.4 is 10.9 Å². The summed E-state index contributed by atoms with van der Waals surface area (Å²) in [7, 11) is -3.40. The maximum absolute atomic E-state index is 14.4. The minimum Gasteiger partial charge on any atom is -0.379 e. The SMILES string of the molecule is CNC(Cc1cc(F)cc(F)c1)c1nc2cc(-c3ccccc3S(=O)C(C)C)ccc2c(=O)n1-c1ccc(S(=O)(=O)N2CCOCC2)cc1. The third-order valence-corrected chi connectivity index (χ3v) is 12.0. The van der Waals surface area contributed by atoms with Crippen LogP contribution in [0.3, 0.4) is 0 Å². The highest BCUT2D eigenvalue weighted by molar-refractivity contribution is 7.89. The molecule has 5 aromatic rings. The van der Waals surface area contributed by atoms with Gasteiger partial charge < -0.3 is 10.1 Å². The smallest absolute Gasteiger partial charge is 0.266 e. The van der Waals surface area contributed by atoms with Crippen LogP contribution >= 0.6 is 0 Å². The van der Waals surface area contributed by atoms with Gasteiger partial charge in [0.2, 0.25) is 10.0 Å². The van der Waals surface area contributed by atoms with Crippen LogP contribution in [0.15, 0.2) is 99.5 Å². The minimum absolute atomic E-state index is 0.0731. The Morgan fingerprint density at radius 3 is 2.27 bits per heavy atom. The molecule has 0 radical (unpaired) electrons. The van der Waals surface area contributed by atoms with Gasteiger partial charge in [-0.05, 0) is 84.8 Å². The predicted octanol–water partition coefficient (Wildman–Crippen LogP) is 5.37. The largest absolute Gasteiger partial charge is 0.379 e. The first-order valence-electron chi connectivity index (χ1n) is 15.8. The van der Waals surface area contributed by atoms with Crippen LogP contribution in [-0.4, -0.2) is 65.1 Å². The lowest BCUT2D eigenvalue weighted by molar-refractivity contribution is 0.0730. The van der Waals surface area contributed by atoms with Gasteiger partial charge in [0.15, 0.2) is 0 Å². The number of ether oxygens (including phenoxy) is 1. The van der Waals surface area contributed by atoms with Crippen molar-refractivity contribution in [1.82, 2.24) is 19.2 Å². The van der Waals surface area contributed by atoms with Gasteiger partial charge in [0.05, 0.1) is 51.5 Å². The summed E-state index contributed by atoms with van der Waals surface area (Å²) in [5.41, 5.74) is 2.14. The summed E-state index contributed by atoms with van der Waals surface area (Å²) in [6.45, 7) is 4.87. The fourth-order valence-electron chi connectivity index (χ4n) is 5.98. The average Bonchev–Trinajstić information content (AvgIpc) is 3.10. The molecule has 0 aliphatic carbocycles. The Morgan fingerprint density at radius 2 is 1.61 bits per heavy atom. The molecular weight excluding hydrogens is 671 g/mol. The van der Waals surface area contributed by atoms with Crippen molar-refractivity contribution in [3.63, 3.8) is 0 Å². The summed E-state index contributed by atoms with van der Waals surface area (Å²) in [6, 6.07) is 21.2. The molecule has 6 rings (SSSR count). The number of aromatic nitrogens is 2. The van der Waals surface area contributed by atoms with Gasteiger partial charge in [0.1, 0.15) is 17.5 Å². The van der Waals surface area contributed by atoms with Crippen molar-refractivity contribution in [2.45, 2.75) is 41.4 Å². The fourth-order valence-corrected chi connectivity index (χ4v) is 8.51. The highest BCUT2D eigenvalue weighted by Gasteiger charge is 2.27. The first kappa shape index (κ1) is 34.7. The molecule has 49 heavy (non-hydrogen) atoms. The van der Waals surface area contributed by atoms with E-state index in [4.69, 9.17) is 9.72 Å². The van der Waals surface area contributed by atoms with E-state index in [1.54, 1.807) is 37.4 Å². The van der Waals surface area contributed by atoms with Crippen LogP contribution in [0, 0.1) is 11.6 Å². The van der Waals surface area contributed by atoms with E-state index in [2.05, 4.69) is 5.32 Å². The van der Waals surface area contributed by atoms with Crippen molar-refractivity contribution in [3.8, 4) is 16.8 Å². The van der Waals surface area contributed by atoms with Gasteiger partial charge in [0, 0.05) is 29.3 Å². The van der Waals surface area contributed by atoms with Crippen LogP contribution in [0.5, 0.6) is 0 Å². The Balaban J connectivity index is 1.51. The summed E-state index contributed by atoms with van der Waals surface area (Å²) >= 11 is 0. The molecule has 2 heterocycles. The maximum Gasteiger partial charge on any atom is 0.266 e. The van der Waals surface area contributed by atoms with Gasteiger partial charge in [0.25, 0.3) is 5.56 Å². The summed E-state index contributed by atoms with van der Waals surface area (Å²) in [6.07, 6.45) is 0.0858. The van der Waals surface area contributed by atoms with E-state index in [-0.39, 0.29) is 35.5 Å². The molecule has 0 bridgehead atoms. The quantitative estimate of drug-likeness (QED) is 0.208.